The molecule has 4 nitrogen and oxygen atoms in total. The van der Waals surface area contributed by atoms with Crippen molar-refractivity contribution in [1.82, 2.24) is 9.78 Å². The van der Waals surface area contributed by atoms with E-state index in [1.54, 1.807) is 10.9 Å². The Bertz CT molecular complexity index is 567. The molecule has 1 aromatic heterocycles. The van der Waals surface area contributed by atoms with Gasteiger partial charge in [-0.1, -0.05) is 20.3 Å². The number of hydrogen-bond acceptors (Lipinski definition) is 3. The minimum atomic E-state index is 0.0167. The summed E-state index contributed by atoms with van der Waals surface area (Å²) in [5.41, 5.74) is 0.707. The lowest BCUT2D eigenvalue weighted by Gasteiger charge is -2.26. The van der Waals surface area contributed by atoms with E-state index in [1.807, 2.05) is 0 Å². The SMILES string of the molecule is CC1CCC(Nc2c(Br)cnn(CC3CCC3)c2=O)C1C. The lowest BCUT2D eigenvalue weighted by Crippen LogP contribution is -2.34. The predicted molar refractivity (Wildman–Crippen MR) is 88.5 cm³/mol. The molecule has 2 aliphatic rings. The zero-order chi connectivity index (χ0) is 15.0. The molecule has 1 aromatic rings. The van der Waals surface area contributed by atoms with Gasteiger partial charge in [0, 0.05) is 12.6 Å². The molecule has 1 N–H and O–H groups in total. The molecule has 0 amide bonds. The van der Waals surface area contributed by atoms with Crippen molar-refractivity contribution in [3.63, 3.8) is 0 Å². The van der Waals surface area contributed by atoms with Crippen molar-refractivity contribution in [2.75, 3.05) is 5.32 Å². The molecule has 2 fully saturated rings. The van der Waals surface area contributed by atoms with Gasteiger partial charge in [-0.3, -0.25) is 4.79 Å². The molecule has 21 heavy (non-hydrogen) atoms. The average Bonchev–Trinajstić information content (AvgIpc) is 2.72. The summed E-state index contributed by atoms with van der Waals surface area (Å²) in [5, 5.41) is 7.77. The first kappa shape index (κ1) is 15.1. The number of aromatic nitrogens is 2. The second-order valence-electron chi connectivity index (χ2n) is 6.82. The third kappa shape index (κ3) is 3.03. The minimum Gasteiger partial charge on any atom is -0.377 e. The van der Waals surface area contributed by atoms with Crippen LogP contribution in [-0.4, -0.2) is 15.8 Å². The average molecular weight is 354 g/mol. The van der Waals surface area contributed by atoms with Gasteiger partial charge in [-0.05, 0) is 59.4 Å². The van der Waals surface area contributed by atoms with Crippen LogP contribution in [0.3, 0.4) is 0 Å². The Morgan fingerprint density at radius 1 is 1.33 bits per heavy atom. The molecule has 0 aromatic carbocycles. The van der Waals surface area contributed by atoms with E-state index in [2.05, 4.69) is 40.2 Å². The van der Waals surface area contributed by atoms with Gasteiger partial charge >= 0.3 is 0 Å². The highest BCUT2D eigenvalue weighted by atomic mass is 79.9. The highest BCUT2D eigenvalue weighted by Crippen LogP contribution is 2.34. The normalized spacial score (nSPS) is 29.4. The highest BCUT2D eigenvalue weighted by molar-refractivity contribution is 9.10. The Balaban J connectivity index is 1.80. The number of anilines is 1. The second-order valence-corrected chi connectivity index (χ2v) is 7.67. The molecule has 0 saturated heterocycles. The first-order chi connectivity index (χ1) is 10.1. The van der Waals surface area contributed by atoms with Gasteiger partial charge < -0.3 is 5.32 Å². The van der Waals surface area contributed by atoms with Crippen molar-refractivity contribution in [3.8, 4) is 0 Å². The third-order valence-electron chi connectivity index (χ3n) is 5.45. The fourth-order valence-corrected chi connectivity index (χ4v) is 3.78. The Morgan fingerprint density at radius 3 is 2.67 bits per heavy atom. The summed E-state index contributed by atoms with van der Waals surface area (Å²) < 4.78 is 2.42. The monoisotopic (exact) mass is 353 g/mol. The number of nitrogens with zero attached hydrogens (tertiary/aromatic N) is 2. The van der Waals surface area contributed by atoms with Crippen LogP contribution in [0.5, 0.6) is 0 Å². The lowest BCUT2D eigenvalue weighted by molar-refractivity contribution is 0.261. The summed E-state index contributed by atoms with van der Waals surface area (Å²) in [6.45, 7) is 5.33. The van der Waals surface area contributed by atoms with Gasteiger partial charge in [-0.2, -0.15) is 5.10 Å². The Kier molecular flexibility index (Phi) is 4.38. The van der Waals surface area contributed by atoms with Crippen LogP contribution in [0.1, 0.15) is 46.0 Å². The van der Waals surface area contributed by atoms with Gasteiger partial charge in [0.2, 0.25) is 0 Å². The van der Waals surface area contributed by atoms with Gasteiger partial charge in [-0.15, -0.1) is 0 Å². The minimum absolute atomic E-state index is 0.0167. The summed E-state index contributed by atoms with van der Waals surface area (Å²) >= 11 is 3.48. The van der Waals surface area contributed by atoms with Gasteiger partial charge in [0.1, 0.15) is 5.69 Å². The van der Waals surface area contributed by atoms with Crippen molar-refractivity contribution in [3.05, 3.63) is 21.0 Å². The van der Waals surface area contributed by atoms with Crippen molar-refractivity contribution in [1.29, 1.82) is 0 Å². The fraction of sp³-hybridized carbons (Fsp3) is 0.750. The van der Waals surface area contributed by atoms with E-state index < -0.39 is 0 Å². The molecule has 0 aliphatic heterocycles. The van der Waals surface area contributed by atoms with E-state index in [-0.39, 0.29) is 5.56 Å². The smallest absolute Gasteiger partial charge is 0.291 e. The first-order valence-electron chi connectivity index (χ1n) is 8.08. The molecule has 0 bridgehead atoms. The predicted octanol–water partition coefficient (Wildman–Crippen LogP) is 3.65. The number of nitrogens with one attached hydrogen (secondary N) is 1. The molecule has 3 unspecified atom stereocenters. The first-order valence-corrected chi connectivity index (χ1v) is 8.87. The van der Waals surface area contributed by atoms with E-state index in [0.717, 1.165) is 23.4 Å². The maximum absolute atomic E-state index is 12.6. The maximum atomic E-state index is 12.6. The second kappa shape index (κ2) is 6.11. The van der Waals surface area contributed by atoms with Crippen molar-refractivity contribution in [2.45, 2.75) is 58.5 Å². The number of halogens is 1. The van der Waals surface area contributed by atoms with Crippen LogP contribution in [-0.2, 0) is 6.54 Å². The van der Waals surface area contributed by atoms with E-state index in [9.17, 15) is 4.79 Å². The van der Waals surface area contributed by atoms with Crippen molar-refractivity contribution < 1.29 is 0 Å². The molecule has 2 saturated carbocycles. The molecular formula is C16H24BrN3O. The van der Waals surface area contributed by atoms with Gasteiger partial charge in [0.15, 0.2) is 0 Å². The van der Waals surface area contributed by atoms with Gasteiger partial charge in [0.05, 0.1) is 10.7 Å². The Labute approximate surface area is 134 Å². The van der Waals surface area contributed by atoms with E-state index in [1.165, 1.54) is 25.7 Å². The zero-order valence-electron chi connectivity index (χ0n) is 12.8. The van der Waals surface area contributed by atoms with Crippen LogP contribution in [0.2, 0.25) is 0 Å². The Hall–Kier alpha value is -0.840. The fourth-order valence-electron chi connectivity index (χ4n) is 3.40. The number of rotatable bonds is 4. The molecule has 3 rings (SSSR count). The molecule has 116 valence electrons. The molecule has 2 aliphatic carbocycles. The van der Waals surface area contributed by atoms with Gasteiger partial charge in [-0.25, -0.2) is 4.68 Å². The molecule has 0 radical (unpaired) electrons. The highest BCUT2D eigenvalue weighted by Gasteiger charge is 2.30. The van der Waals surface area contributed by atoms with Crippen LogP contribution in [0.15, 0.2) is 15.5 Å². The standard InChI is InChI=1S/C16H24BrN3O/c1-10-6-7-14(11(10)2)19-15-13(17)8-18-20(16(15)21)9-12-4-3-5-12/h8,10-12,14,19H,3-7,9H2,1-2H3. The number of hydrogen-bond donors (Lipinski definition) is 1. The Morgan fingerprint density at radius 2 is 2.10 bits per heavy atom. The van der Waals surface area contributed by atoms with Crippen LogP contribution < -0.4 is 10.9 Å². The quantitative estimate of drug-likeness (QED) is 0.898. The molecule has 0 spiro atoms. The van der Waals surface area contributed by atoms with E-state index >= 15 is 0 Å². The lowest BCUT2D eigenvalue weighted by atomic mass is 9.85. The molecule has 5 heteroatoms. The van der Waals surface area contributed by atoms with Crippen LogP contribution in [0.25, 0.3) is 0 Å². The molecule has 1 heterocycles. The zero-order valence-corrected chi connectivity index (χ0v) is 14.4. The van der Waals surface area contributed by atoms with Crippen LogP contribution >= 0.6 is 15.9 Å². The van der Waals surface area contributed by atoms with Crippen molar-refractivity contribution >= 4 is 21.6 Å². The van der Waals surface area contributed by atoms with E-state index in [0.29, 0.717) is 23.6 Å². The van der Waals surface area contributed by atoms with Crippen molar-refractivity contribution in [2.24, 2.45) is 17.8 Å². The summed E-state index contributed by atoms with van der Waals surface area (Å²) in [4.78, 5) is 12.6. The maximum Gasteiger partial charge on any atom is 0.291 e. The summed E-state index contributed by atoms with van der Waals surface area (Å²) in [5.74, 6) is 1.96. The summed E-state index contributed by atoms with van der Waals surface area (Å²) in [6.07, 6.45) is 7.87. The van der Waals surface area contributed by atoms with Crippen LogP contribution in [0, 0.1) is 17.8 Å². The summed E-state index contributed by atoms with van der Waals surface area (Å²) in [6, 6.07) is 0.392. The topological polar surface area (TPSA) is 46.9 Å². The van der Waals surface area contributed by atoms with Crippen LogP contribution in [0.4, 0.5) is 5.69 Å². The molecule has 3 atom stereocenters. The summed E-state index contributed by atoms with van der Waals surface area (Å²) in [7, 11) is 0. The largest absolute Gasteiger partial charge is 0.377 e. The van der Waals surface area contributed by atoms with E-state index in [4.69, 9.17) is 0 Å². The third-order valence-corrected chi connectivity index (χ3v) is 6.05. The molecular weight excluding hydrogens is 330 g/mol. The van der Waals surface area contributed by atoms with Gasteiger partial charge in [0.25, 0.3) is 5.56 Å².